The fourth-order valence-corrected chi connectivity index (χ4v) is 5.85. The molecule has 0 spiro atoms. The molecule has 1 amide bonds. The van der Waals surface area contributed by atoms with E-state index in [1.165, 1.54) is 18.4 Å². The number of carboxylic acid groups (broad SMARTS) is 1. The van der Waals surface area contributed by atoms with Crippen molar-refractivity contribution in [2.75, 3.05) is 0 Å². The number of carbonyl (C=O) groups excluding carboxylic acids is 1. The number of aliphatic carboxylic acids is 1. The molecule has 0 aromatic heterocycles. The molecule has 2 N–H and O–H groups in total. The van der Waals surface area contributed by atoms with Crippen LogP contribution in [0.1, 0.15) is 61.5 Å². The molecule has 6 heteroatoms. The van der Waals surface area contributed by atoms with E-state index < -0.39 is 11.9 Å². The van der Waals surface area contributed by atoms with E-state index in [9.17, 15) is 14.7 Å². The van der Waals surface area contributed by atoms with Crippen molar-refractivity contribution in [2.24, 2.45) is 11.8 Å². The van der Waals surface area contributed by atoms with Crippen molar-refractivity contribution >= 4 is 35.1 Å². The van der Waals surface area contributed by atoms with E-state index in [1.54, 1.807) is 0 Å². The van der Waals surface area contributed by atoms with Gasteiger partial charge in [0, 0.05) is 33.8 Å². The third-order valence-corrected chi connectivity index (χ3v) is 7.39. The third-order valence-electron chi connectivity index (χ3n) is 6.90. The Balaban J connectivity index is 1.75. The summed E-state index contributed by atoms with van der Waals surface area (Å²) in [4.78, 5) is 24.3. The first-order chi connectivity index (χ1) is 14.9. The standard InChI is InChI=1S/C25H27Cl2NO3/c26-19-10-8-16(9-11-19)23(15-4-1-2-5-15)24-21(17-6-3-7-20(27)12-17)13-18(14-22(29)30)25(31)28-24/h3,6-12,15,18,21,23-24H,1-2,4-5,13-14H2,(H,28,31)(H,29,30). The number of piperidine rings is 1. The highest BCUT2D eigenvalue weighted by Crippen LogP contribution is 2.46. The predicted molar refractivity (Wildman–Crippen MR) is 123 cm³/mol. The number of carboxylic acids is 1. The summed E-state index contributed by atoms with van der Waals surface area (Å²) in [5, 5.41) is 13.9. The second-order valence-corrected chi connectivity index (χ2v) is 9.72. The van der Waals surface area contributed by atoms with E-state index in [0.29, 0.717) is 22.4 Å². The van der Waals surface area contributed by atoms with Crippen molar-refractivity contribution in [3.8, 4) is 0 Å². The summed E-state index contributed by atoms with van der Waals surface area (Å²) in [6.07, 6.45) is 4.98. The molecule has 2 aromatic rings. The van der Waals surface area contributed by atoms with Gasteiger partial charge in [-0.2, -0.15) is 0 Å². The maximum atomic E-state index is 13.0. The van der Waals surface area contributed by atoms with Crippen molar-refractivity contribution in [1.29, 1.82) is 0 Å². The molecule has 1 aliphatic carbocycles. The molecule has 4 rings (SSSR count). The average molecular weight is 460 g/mol. The second kappa shape index (κ2) is 9.62. The van der Waals surface area contributed by atoms with Crippen LogP contribution in [0.4, 0.5) is 0 Å². The first-order valence-corrected chi connectivity index (χ1v) is 11.7. The van der Waals surface area contributed by atoms with Gasteiger partial charge in [0.15, 0.2) is 0 Å². The minimum atomic E-state index is -0.950. The number of halogens is 2. The van der Waals surface area contributed by atoms with E-state index >= 15 is 0 Å². The van der Waals surface area contributed by atoms with Gasteiger partial charge < -0.3 is 10.4 Å². The molecule has 31 heavy (non-hydrogen) atoms. The van der Waals surface area contributed by atoms with Crippen LogP contribution in [0.15, 0.2) is 48.5 Å². The minimum Gasteiger partial charge on any atom is -0.481 e. The zero-order valence-corrected chi connectivity index (χ0v) is 18.8. The molecule has 1 saturated heterocycles. The summed E-state index contributed by atoms with van der Waals surface area (Å²) in [6, 6.07) is 15.6. The van der Waals surface area contributed by atoms with E-state index in [4.69, 9.17) is 23.2 Å². The van der Waals surface area contributed by atoms with Crippen LogP contribution in [0.2, 0.25) is 10.0 Å². The summed E-state index contributed by atoms with van der Waals surface area (Å²) in [5.41, 5.74) is 2.22. The number of hydrogen-bond acceptors (Lipinski definition) is 2. The highest BCUT2D eigenvalue weighted by molar-refractivity contribution is 6.30. The monoisotopic (exact) mass is 459 g/mol. The van der Waals surface area contributed by atoms with Crippen LogP contribution < -0.4 is 5.32 Å². The van der Waals surface area contributed by atoms with Gasteiger partial charge in [-0.1, -0.05) is 60.3 Å². The fourth-order valence-electron chi connectivity index (χ4n) is 5.52. The Kier molecular flexibility index (Phi) is 6.88. The molecule has 2 fully saturated rings. The van der Waals surface area contributed by atoms with Gasteiger partial charge in [-0.05, 0) is 60.6 Å². The van der Waals surface area contributed by atoms with Crippen LogP contribution in [0, 0.1) is 11.8 Å². The summed E-state index contributed by atoms with van der Waals surface area (Å²) < 4.78 is 0. The highest BCUT2D eigenvalue weighted by atomic mass is 35.5. The Bertz CT molecular complexity index is 940. The fraction of sp³-hybridized carbons (Fsp3) is 0.440. The number of amides is 1. The van der Waals surface area contributed by atoms with Gasteiger partial charge in [0.25, 0.3) is 0 Å². The summed E-state index contributed by atoms with van der Waals surface area (Å²) >= 11 is 12.5. The Morgan fingerprint density at radius 2 is 1.77 bits per heavy atom. The topological polar surface area (TPSA) is 66.4 Å². The molecule has 2 aromatic carbocycles. The van der Waals surface area contributed by atoms with Gasteiger partial charge >= 0.3 is 5.97 Å². The average Bonchev–Trinajstić information content (AvgIpc) is 3.25. The SMILES string of the molecule is O=C(O)CC1CC(c2cccc(Cl)c2)C(C(c2ccc(Cl)cc2)C2CCCC2)NC1=O. The molecular weight excluding hydrogens is 433 g/mol. The van der Waals surface area contributed by atoms with Crippen molar-refractivity contribution in [2.45, 2.75) is 56.4 Å². The van der Waals surface area contributed by atoms with Gasteiger partial charge in [-0.3, -0.25) is 9.59 Å². The molecule has 2 aliphatic rings. The van der Waals surface area contributed by atoms with Gasteiger partial charge in [-0.15, -0.1) is 0 Å². The lowest BCUT2D eigenvalue weighted by Gasteiger charge is -2.43. The smallest absolute Gasteiger partial charge is 0.304 e. The molecule has 0 radical (unpaired) electrons. The number of carbonyl (C=O) groups is 2. The Morgan fingerprint density at radius 3 is 2.42 bits per heavy atom. The molecule has 1 saturated carbocycles. The Hall–Kier alpha value is -2.04. The lowest BCUT2D eigenvalue weighted by molar-refractivity contribution is -0.142. The largest absolute Gasteiger partial charge is 0.481 e. The zero-order valence-electron chi connectivity index (χ0n) is 17.3. The molecule has 0 bridgehead atoms. The van der Waals surface area contributed by atoms with E-state index in [1.807, 2.05) is 36.4 Å². The van der Waals surface area contributed by atoms with Crippen LogP contribution in [-0.2, 0) is 9.59 Å². The van der Waals surface area contributed by atoms with Crippen molar-refractivity contribution in [3.63, 3.8) is 0 Å². The van der Waals surface area contributed by atoms with Gasteiger partial charge in [-0.25, -0.2) is 0 Å². The van der Waals surface area contributed by atoms with Crippen LogP contribution in [-0.4, -0.2) is 23.0 Å². The first-order valence-electron chi connectivity index (χ1n) is 11.0. The van der Waals surface area contributed by atoms with Crippen LogP contribution in [0.3, 0.4) is 0 Å². The summed E-state index contributed by atoms with van der Waals surface area (Å²) in [7, 11) is 0. The van der Waals surface area contributed by atoms with Crippen LogP contribution in [0.25, 0.3) is 0 Å². The molecule has 4 unspecified atom stereocenters. The molecule has 164 valence electrons. The highest BCUT2D eigenvalue weighted by Gasteiger charge is 2.44. The van der Waals surface area contributed by atoms with Crippen molar-refractivity contribution in [3.05, 3.63) is 69.7 Å². The summed E-state index contributed by atoms with van der Waals surface area (Å²) in [6.45, 7) is 0. The van der Waals surface area contributed by atoms with Crippen LogP contribution >= 0.6 is 23.2 Å². The quantitative estimate of drug-likeness (QED) is 0.553. The van der Waals surface area contributed by atoms with Gasteiger partial charge in [0.2, 0.25) is 5.91 Å². The second-order valence-electron chi connectivity index (χ2n) is 8.85. The van der Waals surface area contributed by atoms with E-state index in [2.05, 4.69) is 17.4 Å². The third kappa shape index (κ3) is 5.07. The lowest BCUT2D eigenvalue weighted by atomic mass is 9.68. The van der Waals surface area contributed by atoms with Crippen molar-refractivity contribution in [1.82, 2.24) is 5.32 Å². The Labute approximate surface area is 192 Å². The minimum absolute atomic E-state index is 0.0120. The summed E-state index contributed by atoms with van der Waals surface area (Å²) in [5.74, 6) is -1.08. The maximum absolute atomic E-state index is 13.0. The molecule has 1 aliphatic heterocycles. The molecule has 1 heterocycles. The normalized spacial score (nSPS) is 25.2. The molecule has 4 nitrogen and oxygen atoms in total. The van der Waals surface area contributed by atoms with E-state index in [-0.39, 0.29) is 30.2 Å². The molecule has 4 atom stereocenters. The van der Waals surface area contributed by atoms with Crippen LogP contribution in [0.5, 0.6) is 0 Å². The zero-order chi connectivity index (χ0) is 22.0. The molecular formula is C25H27Cl2NO3. The maximum Gasteiger partial charge on any atom is 0.304 e. The van der Waals surface area contributed by atoms with Crippen molar-refractivity contribution < 1.29 is 14.7 Å². The predicted octanol–water partition coefficient (Wildman–Crippen LogP) is 6.03. The number of hydrogen-bond donors (Lipinski definition) is 2. The van der Waals surface area contributed by atoms with Gasteiger partial charge in [0.1, 0.15) is 0 Å². The van der Waals surface area contributed by atoms with Gasteiger partial charge in [0.05, 0.1) is 6.42 Å². The number of rotatable bonds is 6. The number of nitrogens with one attached hydrogen (secondary N) is 1. The van der Waals surface area contributed by atoms with E-state index in [0.717, 1.165) is 18.4 Å². The number of benzene rings is 2. The Morgan fingerprint density at radius 1 is 1.06 bits per heavy atom. The first kappa shape index (κ1) is 22.2. The lowest BCUT2D eigenvalue weighted by Crippen LogP contribution is -2.52.